The van der Waals surface area contributed by atoms with E-state index in [9.17, 15) is 0 Å². The Morgan fingerprint density at radius 1 is 1.06 bits per heavy atom. The molecule has 18 heavy (non-hydrogen) atoms. The standard InChI is InChI=1S/C13H21Cl2N3/c1-17(2)5-4-6-18(3)9-10-7-11(14)13(16)12(15)8-10/h7-8H,4-6,9,16H2,1-3H3. The van der Waals surface area contributed by atoms with Crippen LogP contribution in [0.1, 0.15) is 12.0 Å². The van der Waals surface area contributed by atoms with E-state index in [0.717, 1.165) is 31.6 Å². The molecule has 0 unspecified atom stereocenters. The molecule has 0 radical (unpaired) electrons. The van der Waals surface area contributed by atoms with Crippen LogP contribution in [0.4, 0.5) is 5.69 Å². The number of hydrogen-bond donors (Lipinski definition) is 1. The summed E-state index contributed by atoms with van der Waals surface area (Å²) in [6.07, 6.45) is 1.14. The van der Waals surface area contributed by atoms with Crippen molar-refractivity contribution < 1.29 is 0 Å². The molecule has 0 aliphatic rings. The van der Waals surface area contributed by atoms with Gasteiger partial charge in [0, 0.05) is 6.54 Å². The van der Waals surface area contributed by atoms with Gasteiger partial charge in [0.2, 0.25) is 0 Å². The van der Waals surface area contributed by atoms with E-state index in [0.29, 0.717) is 15.7 Å². The van der Waals surface area contributed by atoms with Crippen LogP contribution in [-0.4, -0.2) is 44.0 Å². The molecule has 0 atom stereocenters. The molecule has 2 N–H and O–H groups in total. The van der Waals surface area contributed by atoms with E-state index in [4.69, 9.17) is 28.9 Å². The fourth-order valence-corrected chi connectivity index (χ4v) is 2.31. The smallest absolute Gasteiger partial charge is 0.0693 e. The first kappa shape index (κ1) is 15.6. The minimum Gasteiger partial charge on any atom is -0.396 e. The van der Waals surface area contributed by atoms with Gasteiger partial charge in [-0.3, -0.25) is 0 Å². The summed E-state index contributed by atoms with van der Waals surface area (Å²) in [6.45, 7) is 2.96. The van der Waals surface area contributed by atoms with Crippen molar-refractivity contribution >= 4 is 28.9 Å². The maximum absolute atomic E-state index is 6.01. The third-order valence-corrected chi connectivity index (χ3v) is 3.36. The van der Waals surface area contributed by atoms with E-state index in [1.54, 1.807) is 0 Å². The zero-order valence-corrected chi connectivity index (χ0v) is 12.7. The van der Waals surface area contributed by atoms with Crippen LogP contribution in [0.2, 0.25) is 10.0 Å². The molecule has 0 aliphatic heterocycles. The number of benzene rings is 1. The number of nitrogens with two attached hydrogens (primary N) is 1. The predicted molar refractivity (Wildman–Crippen MR) is 80.4 cm³/mol. The van der Waals surface area contributed by atoms with E-state index in [1.165, 1.54) is 0 Å². The van der Waals surface area contributed by atoms with Crippen LogP contribution in [0.5, 0.6) is 0 Å². The van der Waals surface area contributed by atoms with E-state index in [2.05, 4.69) is 30.9 Å². The Bertz CT molecular complexity index is 371. The number of halogens is 2. The van der Waals surface area contributed by atoms with E-state index < -0.39 is 0 Å². The third kappa shape index (κ3) is 5.02. The summed E-state index contributed by atoms with van der Waals surface area (Å²) in [5.74, 6) is 0. The van der Waals surface area contributed by atoms with Gasteiger partial charge in [-0.2, -0.15) is 0 Å². The summed E-state index contributed by atoms with van der Waals surface area (Å²) in [6, 6.07) is 3.76. The van der Waals surface area contributed by atoms with Gasteiger partial charge < -0.3 is 15.5 Å². The summed E-state index contributed by atoms with van der Waals surface area (Å²) < 4.78 is 0. The molecule has 0 amide bonds. The van der Waals surface area contributed by atoms with E-state index in [1.807, 2.05) is 12.1 Å². The molecule has 0 spiro atoms. The lowest BCUT2D eigenvalue weighted by Crippen LogP contribution is -2.23. The van der Waals surface area contributed by atoms with Gasteiger partial charge in [-0.1, -0.05) is 23.2 Å². The number of nitrogens with zero attached hydrogens (tertiary/aromatic N) is 2. The SMILES string of the molecule is CN(C)CCCN(C)Cc1cc(Cl)c(N)c(Cl)c1. The molecule has 5 heteroatoms. The van der Waals surface area contributed by atoms with Gasteiger partial charge >= 0.3 is 0 Å². The first-order chi connectivity index (χ1) is 8.40. The molecular formula is C13H21Cl2N3. The molecule has 0 aliphatic carbocycles. The summed E-state index contributed by atoms with van der Waals surface area (Å²) in [5, 5.41) is 1.05. The van der Waals surface area contributed by atoms with Crippen LogP contribution < -0.4 is 5.73 Å². The number of hydrogen-bond acceptors (Lipinski definition) is 3. The lowest BCUT2D eigenvalue weighted by molar-refractivity contribution is 0.294. The van der Waals surface area contributed by atoms with Crippen LogP contribution in [0.15, 0.2) is 12.1 Å². The molecule has 0 fully saturated rings. The first-order valence-electron chi connectivity index (χ1n) is 5.97. The Kier molecular flexibility index (Phi) is 6.22. The van der Waals surface area contributed by atoms with E-state index >= 15 is 0 Å². The van der Waals surface area contributed by atoms with Crippen molar-refractivity contribution in [2.75, 3.05) is 40.0 Å². The van der Waals surface area contributed by atoms with Crippen LogP contribution in [0, 0.1) is 0 Å². The first-order valence-corrected chi connectivity index (χ1v) is 6.72. The van der Waals surface area contributed by atoms with Crippen molar-refractivity contribution in [2.24, 2.45) is 0 Å². The highest BCUT2D eigenvalue weighted by molar-refractivity contribution is 6.38. The molecular weight excluding hydrogens is 269 g/mol. The summed E-state index contributed by atoms with van der Waals surface area (Å²) in [4.78, 5) is 4.44. The van der Waals surface area contributed by atoms with Crippen LogP contribution in [0.3, 0.4) is 0 Å². The molecule has 102 valence electrons. The van der Waals surface area contributed by atoms with Crippen LogP contribution in [0.25, 0.3) is 0 Å². The van der Waals surface area contributed by atoms with Crippen LogP contribution >= 0.6 is 23.2 Å². The fraction of sp³-hybridized carbons (Fsp3) is 0.538. The Balaban J connectivity index is 2.51. The van der Waals surface area contributed by atoms with Gasteiger partial charge in [-0.25, -0.2) is 0 Å². The van der Waals surface area contributed by atoms with Gasteiger partial charge in [0.05, 0.1) is 15.7 Å². The zero-order valence-electron chi connectivity index (χ0n) is 11.2. The van der Waals surface area contributed by atoms with Gasteiger partial charge in [-0.05, 0) is 58.3 Å². The molecule has 0 saturated carbocycles. The molecule has 1 aromatic carbocycles. The highest BCUT2D eigenvalue weighted by Crippen LogP contribution is 2.29. The van der Waals surface area contributed by atoms with Gasteiger partial charge in [-0.15, -0.1) is 0 Å². The third-order valence-electron chi connectivity index (χ3n) is 2.74. The van der Waals surface area contributed by atoms with Crippen molar-refractivity contribution in [3.05, 3.63) is 27.7 Å². The molecule has 1 rings (SSSR count). The van der Waals surface area contributed by atoms with Crippen molar-refractivity contribution in [3.8, 4) is 0 Å². The lowest BCUT2D eigenvalue weighted by atomic mass is 10.2. The number of anilines is 1. The zero-order chi connectivity index (χ0) is 13.7. The molecule has 0 aromatic heterocycles. The normalized spacial score (nSPS) is 11.5. The van der Waals surface area contributed by atoms with Gasteiger partial charge in [0.1, 0.15) is 0 Å². The quantitative estimate of drug-likeness (QED) is 0.818. The second-order valence-electron chi connectivity index (χ2n) is 4.87. The second-order valence-corrected chi connectivity index (χ2v) is 5.68. The molecule has 0 saturated heterocycles. The molecule has 1 aromatic rings. The van der Waals surface area contributed by atoms with Crippen molar-refractivity contribution in [1.82, 2.24) is 9.80 Å². The molecule has 0 bridgehead atoms. The minimum absolute atomic E-state index is 0.456. The summed E-state index contributed by atoms with van der Waals surface area (Å²) in [7, 11) is 6.26. The average Bonchev–Trinajstić information content (AvgIpc) is 2.25. The summed E-state index contributed by atoms with van der Waals surface area (Å²) in [5.41, 5.74) is 7.26. The average molecular weight is 290 g/mol. The number of rotatable bonds is 6. The van der Waals surface area contributed by atoms with Crippen LogP contribution in [-0.2, 0) is 6.54 Å². The van der Waals surface area contributed by atoms with Crippen molar-refractivity contribution in [2.45, 2.75) is 13.0 Å². The second kappa shape index (κ2) is 7.19. The number of nitrogen functional groups attached to an aromatic ring is 1. The Labute approximate surface area is 119 Å². The molecule has 0 heterocycles. The van der Waals surface area contributed by atoms with Gasteiger partial charge in [0.25, 0.3) is 0 Å². The monoisotopic (exact) mass is 289 g/mol. The topological polar surface area (TPSA) is 32.5 Å². The Morgan fingerprint density at radius 2 is 1.61 bits per heavy atom. The van der Waals surface area contributed by atoms with Crippen molar-refractivity contribution in [1.29, 1.82) is 0 Å². The largest absolute Gasteiger partial charge is 0.396 e. The minimum atomic E-state index is 0.456. The summed E-state index contributed by atoms with van der Waals surface area (Å²) >= 11 is 12.0. The molecule has 3 nitrogen and oxygen atoms in total. The predicted octanol–water partition coefficient (Wildman–Crippen LogP) is 2.96. The van der Waals surface area contributed by atoms with E-state index in [-0.39, 0.29) is 0 Å². The maximum Gasteiger partial charge on any atom is 0.0693 e. The maximum atomic E-state index is 6.01. The Hall–Kier alpha value is -0.480. The Morgan fingerprint density at radius 3 is 2.11 bits per heavy atom. The van der Waals surface area contributed by atoms with Gasteiger partial charge in [0.15, 0.2) is 0 Å². The fourth-order valence-electron chi connectivity index (χ4n) is 1.78. The lowest BCUT2D eigenvalue weighted by Gasteiger charge is -2.18. The highest BCUT2D eigenvalue weighted by Gasteiger charge is 2.07. The van der Waals surface area contributed by atoms with Crippen molar-refractivity contribution in [3.63, 3.8) is 0 Å². The highest BCUT2D eigenvalue weighted by atomic mass is 35.5.